The van der Waals surface area contributed by atoms with Crippen molar-refractivity contribution in [2.24, 2.45) is 0 Å². The first-order valence-electron chi connectivity index (χ1n) is 8.49. The van der Waals surface area contributed by atoms with Gasteiger partial charge >= 0.3 is 6.61 Å². The number of nitrogens with zero attached hydrogens (tertiary/aromatic N) is 1. The normalized spacial score (nSPS) is 10.4. The summed E-state index contributed by atoms with van der Waals surface area (Å²) in [6.45, 7) is 0.491. The average molecular weight is 444 g/mol. The third-order valence-corrected chi connectivity index (χ3v) is 3.82. The molecule has 11 heteroatoms. The number of carbonyl (C=O) groups is 2. The Hall–Kier alpha value is -3.27. The second kappa shape index (κ2) is 11.1. The van der Waals surface area contributed by atoms with Crippen molar-refractivity contribution in [3.8, 4) is 11.6 Å². The fraction of sp³-hybridized carbons (Fsp3) is 0.211. The number of pyridine rings is 1. The molecule has 1 heterocycles. The summed E-state index contributed by atoms with van der Waals surface area (Å²) in [5.41, 5.74) is 0.430. The zero-order valence-corrected chi connectivity index (χ0v) is 16.2. The first-order valence-corrected chi connectivity index (χ1v) is 8.87. The van der Waals surface area contributed by atoms with Crippen LogP contribution in [-0.2, 0) is 4.79 Å². The van der Waals surface area contributed by atoms with Crippen molar-refractivity contribution in [2.75, 3.05) is 13.2 Å². The van der Waals surface area contributed by atoms with Crippen LogP contribution in [0.1, 0.15) is 16.8 Å². The lowest BCUT2D eigenvalue weighted by Crippen LogP contribution is -2.31. The summed E-state index contributed by atoms with van der Waals surface area (Å²) < 4.78 is 46.7. The molecule has 1 aromatic carbocycles. The minimum atomic E-state index is -3.01. The number of hydrogen-bond donors (Lipinski definition) is 2. The third kappa shape index (κ3) is 7.63. The number of aromatic nitrogens is 1. The lowest BCUT2D eigenvalue weighted by atomic mass is 10.2. The van der Waals surface area contributed by atoms with Crippen molar-refractivity contribution >= 4 is 23.4 Å². The summed E-state index contributed by atoms with van der Waals surface area (Å²) in [4.78, 5) is 27.4. The van der Waals surface area contributed by atoms with Crippen molar-refractivity contribution < 1.29 is 32.2 Å². The van der Waals surface area contributed by atoms with E-state index in [0.717, 1.165) is 18.3 Å². The molecule has 30 heavy (non-hydrogen) atoms. The van der Waals surface area contributed by atoms with Crippen LogP contribution >= 0.6 is 11.6 Å². The maximum Gasteiger partial charge on any atom is 0.388 e. The van der Waals surface area contributed by atoms with Gasteiger partial charge in [0, 0.05) is 37.0 Å². The van der Waals surface area contributed by atoms with E-state index in [0.29, 0.717) is 5.70 Å². The molecular formula is C19H17ClF3N3O4. The zero-order valence-electron chi connectivity index (χ0n) is 15.5. The summed E-state index contributed by atoms with van der Waals surface area (Å²) in [6.07, 6.45) is 1.31. The van der Waals surface area contributed by atoms with Gasteiger partial charge in [0.25, 0.3) is 11.8 Å². The molecule has 0 saturated carbocycles. The largest absolute Gasteiger partial charge is 0.484 e. The SMILES string of the molecule is C=C(CCNC(=O)COc1ccc(Cl)c(F)c1)NC(=O)c1ccc(OC(F)F)nc1. The maximum absolute atomic E-state index is 13.3. The molecule has 7 nitrogen and oxygen atoms in total. The molecule has 1 aromatic heterocycles. The quantitative estimate of drug-likeness (QED) is 0.588. The fourth-order valence-corrected chi connectivity index (χ4v) is 2.21. The second-order valence-corrected chi connectivity index (χ2v) is 6.19. The maximum atomic E-state index is 13.3. The molecule has 0 saturated heterocycles. The number of hydrogen-bond acceptors (Lipinski definition) is 5. The lowest BCUT2D eigenvalue weighted by Gasteiger charge is -2.10. The van der Waals surface area contributed by atoms with Crippen molar-refractivity contribution in [3.05, 3.63) is 65.2 Å². The van der Waals surface area contributed by atoms with E-state index in [1.165, 1.54) is 18.2 Å². The molecule has 0 unspecified atom stereocenters. The van der Waals surface area contributed by atoms with Crippen LogP contribution in [0.2, 0.25) is 5.02 Å². The van der Waals surface area contributed by atoms with Gasteiger partial charge < -0.3 is 20.1 Å². The predicted molar refractivity (Wildman–Crippen MR) is 102 cm³/mol. The van der Waals surface area contributed by atoms with Crippen LogP contribution in [0, 0.1) is 5.82 Å². The van der Waals surface area contributed by atoms with Crippen molar-refractivity contribution in [2.45, 2.75) is 13.0 Å². The molecule has 0 atom stereocenters. The summed E-state index contributed by atoms with van der Waals surface area (Å²) >= 11 is 5.56. The van der Waals surface area contributed by atoms with Crippen LogP contribution in [0.25, 0.3) is 0 Å². The minimum Gasteiger partial charge on any atom is -0.484 e. The Morgan fingerprint density at radius 2 is 2.00 bits per heavy atom. The van der Waals surface area contributed by atoms with E-state index in [1.54, 1.807) is 0 Å². The highest BCUT2D eigenvalue weighted by Gasteiger charge is 2.11. The van der Waals surface area contributed by atoms with Gasteiger partial charge in [0.05, 0.1) is 10.6 Å². The lowest BCUT2D eigenvalue weighted by molar-refractivity contribution is -0.123. The molecule has 2 rings (SSSR count). The third-order valence-electron chi connectivity index (χ3n) is 3.51. The van der Waals surface area contributed by atoms with E-state index in [-0.39, 0.29) is 41.8 Å². The highest BCUT2D eigenvalue weighted by atomic mass is 35.5. The summed E-state index contributed by atoms with van der Waals surface area (Å²) in [5.74, 6) is -1.82. The summed E-state index contributed by atoms with van der Waals surface area (Å²) in [7, 11) is 0. The first kappa shape index (κ1) is 23.0. The molecule has 2 aromatic rings. The van der Waals surface area contributed by atoms with E-state index in [1.807, 2.05) is 0 Å². The topological polar surface area (TPSA) is 89.6 Å². The Kier molecular flexibility index (Phi) is 8.48. The Balaban J connectivity index is 1.69. The highest BCUT2D eigenvalue weighted by Crippen LogP contribution is 2.20. The van der Waals surface area contributed by atoms with Crippen LogP contribution in [0.15, 0.2) is 48.8 Å². The van der Waals surface area contributed by atoms with Crippen LogP contribution in [0.4, 0.5) is 13.2 Å². The number of nitrogens with one attached hydrogen (secondary N) is 2. The molecule has 2 N–H and O–H groups in total. The molecule has 0 radical (unpaired) electrons. The van der Waals surface area contributed by atoms with Gasteiger partial charge in [-0.05, 0) is 18.2 Å². The van der Waals surface area contributed by atoms with Gasteiger partial charge in [0.2, 0.25) is 5.88 Å². The standard InChI is InChI=1S/C19H17ClF3N3O4/c1-11(26-18(28)12-2-5-17(25-9-12)30-19(22)23)6-7-24-16(27)10-29-13-3-4-14(20)15(21)8-13/h2-5,8-9,19H,1,6-7,10H2,(H,24,27)(H,26,28). The number of benzene rings is 1. The van der Waals surface area contributed by atoms with Gasteiger partial charge in [-0.15, -0.1) is 0 Å². The van der Waals surface area contributed by atoms with Crippen molar-refractivity contribution in [1.82, 2.24) is 15.6 Å². The Labute approximate surface area is 174 Å². The number of ether oxygens (including phenoxy) is 2. The van der Waals surface area contributed by atoms with Gasteiger partial charge in [-0.25, -0.2) is 9.37 Å². The number of rotatable bonds is 10. The Bertz CT molecular complexity index is 910. The number of alkyl halides is 2. The van der Waals surface area contributed by atoms with Crippen LogP contribution in [0.5, 0.6) is 11.6 Å². The molecular weight excluding hydrogens is 427 g/mol. The summed E-state index contributed by atoms with van der Waals surface area (Å²) in [6, 6.07) is 6.21. The molecule has 0 aliphatic heterocycles. The van der Waals surface area contributed by atoms with E-state index < -0.39 is 24.2 Å². The molecule has 0 bridgehead atoms. The van der Waals surface area contributed by atoms with E-state index >= 15 is 0 Å². The number of amides is 2. The average Bonchev–Trinajstić information content (AvgIpc) is 2.69. The van der Waals surface area contributed by atoms with Crippen LogP contribution < -0.4 is 20.1 Å². The van der Waals surface area contributed by atoms with E-state index in [4.69, 9.17) is 16.3 Å². The first-order chi connectivity index (χ1) is 14.2. The predicted octanol–water partition coefficient (Wildman–Crippen LogP) is 3.30. The number of carbonyl (C=O) groups excluding carboxylic acids is 2. The minimum absolute atomic E-state index is 0.0550. The van der Waals surface area contributed by atoms with Gasteiger partial charge in [0.15, 0.2) is 6.61 Å². The molecule has 0 fully saturated rings. The zero-order chi connectivity index (χ0) is 22.1. The highest BCUT2D eigenvalue weighted by molar-refractivity contribution is 6.30. The molecule has 0 aliphatic carbocycles. The van der Waals surface area contributed by atoms with Crippen LogP contribution in [-0.4, -0.2) is 36.6 Å². The van der Waals surface area contributed by atoms with Gasteiger partial charge in [-0.1, -0.05) is 18.2 Å². The molecule has 0 aliphatic rings. The van der Waals surface area contributed by atoms with Gasteiger partial charge in [-0.3, -0.25) is 9.59 Å². The molecule has 0 spiro atoms. The molecule has 2 amide bonds. The van der Waals surface area contributed by atoms with E-state index in [9.17, 15) is 22.8 Å². The van der Waals surface area contributed by atoms with Crippen molar-refractivity contribution in [1.29, 1.82) is 0 Å². The van der Waals surface area contributed by atoms with Gasteiger partial charge in [-0.2, -0.15) is 8.78 Å². The van der Waals surface area contributed by atoms with Gasteiger partial charge in [0.1, 0.15) is 11.6 Å². The molecule has 160 valence electrons. The number of halogens is 4. The Morgan fingerprint density at radius 3 is 2.63 bits per heavy atom. The fourth-order valence-electron chi connectivity index (χ4n) is 2.09. The smallest absolute Gasteiger partial charge is 0.388 e. The van der Waals surface area contributed by atoms with E-state index in [2.05, 4.69) is 26.9 Å². The monoisotopic (exact) mass is 443 g/mol. The van der Waals surface area contributed by atoms with Crippen LogP contribution in [0.3, 0.4) is 0 Å². The Morgan fingerprint density at radius 1 is 1.23 bits per heavy atom. The summed E-state index contributed by atoms with van der Waals surface area (Å²) in [5, 5.41) is 5.00. The second-order valence-electron chi connectivity index (χ2n) is 5.79. The van der Waals surface area contributed by atoms with Crippen molar-refractivity contribution in [3.63, 3.8) is 0 Å².